The van der Waals surface area contributed by atoms with Crippen molar-refractivity contribution in [3.05, 3.63) is 52.5 Å². The highest BCUT2D eigenvalue weighted by atomic mass is 35.5. The Morgan fingerprint density at radius 2 is 1.96 bits per heavy atom. The molecule has 1 aliphatic rings. The van der Waals surface area contributed by atoms with Gasteiger partial charge in [-0.1, -0.05) is 38.4 Å². The van der Waals surface area contributed by atoms with Crippen LogP contribution in [0.2, 0.25) is 5.02 Å². The molecule has 2 aromatic rings. The summed E-state index contributed by atoms with van der Waals surface area (Å²) in [5, 5.41) is 3.22. The van der Waals surface area contributed by atoms with E-state index in [0.717, 1.165) is 24.1 Å². The van der Waals surface area contributed by atoms with Gasteiger partial charge in [0.2, 0.25) is 5.91 Å². The third kappa shape index (κ3) is 4.47. The van der Waals surface area contributed by atoms with Gasteiger partial charge in [-0.2, -0.15) is 0 Å². The van der Waals surface area contributed by atoms with Gasteiger partial charge in [0.25, 0.3) is 5.91 Å². The van der Waals surface area contributed by atoms with E-state index in [1.54, 1.807) is 23.1 Å². The van der Waals surface area contributed by atoms with Crippen LogP contribution in [0.3, 0.4) is 0 Å². The SMILES string of the molecule is CC(C)(C)CC(=O)Nc1ccc(Cl)c(C(=O)N2CCCc3c(N)cccc32)c1. The van der Waals surface area contributed by atoms with Crippen LogP contribution in [0, 0.1) is 5.41 Å². The van der Waals surface area contributed by atoms with Crippen molar-refractivity contribution in [3.8, 4) is 0 Å². The smallest absolute Gasteiger partial charge is 0.259 e. The molecule has 3 rings (SSSR count). The van der Waals surface area contributed by atoms with Crippen molar-refractivity contribution in [1.29, 1.82) is 0 Å². The molecule has 0 fully saturated rings. The highest BCUT2D eigenvalue weighted by Gasteiger charge is 2.26. The first-order chi connectivity index (χ1) is 13.2. The van der Waals surface area contributed by atoms with Gasteiger partial charge in [0.15, 0.2) is 0 Å². The van der Waals surface area contributed by atoms with E-state index in [2.05, 4.69) is 5.32 Å². The van der Waals surface area contributed by atoms with Crippen LogP contribution in [0.1, 0.15) is 49.5 Å². The zero-order valence-corrected chi connectivity index (χ0v) is 17.3. The zero-order chi connectivity index (χ0) is 20.5. The summed E-state index contributed by atoms with van der Waals surface area (Å²) in [6, 6.07) is 10.6. The van der Waals surface area contributed by atoms with Crippen LogP contribution in [0.4, 0.5) is 17.1 Å². The maximum Gasteiger partial charge on any atom is 0.259 e. The summed E-state index contributed by atoms with van der Waals surface area (Å²) < 4.78 is 0. The number of carbonyl (C=O) groups excluding carboxylic acids is 2. The van der Waals surface area contributed by atoms with Gasteiger partial charge in [-0.25, -0.2) is 0 Å². The van der Waals surface area contributed by atoms with Gasteiger partial charge in [0.1, 0.15) is 0 Å². The number of nitrogen functional groups attached to an aromatic ring is 1. The van der Waals surface area contributed by atoms with Crippen molar-refractivity contribution in [2.45, 2.75) is 40.0 Å². The number of hydrogen-bond donors (Lipinski definition) is 2. The Bertz CT molecular complexity index is 918. The van der Waals surface area contributed by atoms with Crippen LogP contribution in [0.5, 0.6) is 0 Å². The summed E-state index contributed by atoms with van der Waals surface area (Å²) in [5.74, 6) is -0.284. The fourth-order valence-corrected chi connectivity index (χ4v) is 3.66. The highest BCUT2D eigenvalue weighted by molar-refractivity contribution is 6.34. The lowest BCUT2D eigenvalue weighted by molar-refractivity contribution is -0.117. The molecule has 3 N–H and O–H groups in total. The molecule has 0 spiro atoms. The van der Waals surface area contributed by atoms with Crippen LogP contribution >= 0.6 is 11.6 Å². The molecule has 28 heavy (non-hydrogen) atoms. The summed E-state index contributed by atoms with van der Waals surface area (Å²) in [6.07, 6.45) is 2.08. The van der Waals surface area contributed by atoms with E-state index in [0.29, 0.717) is 34.9 Å². The van der Waals surface area contributed by atoms with Gasteiger partial charge in [0, 0.05) is 30.0 Å². The number of anilines is 3. The number of amides is 2. The first-order valence-electron chi connectivity index (χ1n) is 9.44. The normalized spacial score (nSPS) is 13.8. The molecule has 2 amide bonds. The van der Waals surface area contributed by atoms with E-state index in [-0.39, 0.29) is 17.2 Å². The van der Waals surface area contributed by atoms with Gasteiger partial charge in [-0.3, -0.25) is 9.59 Å². The second-order valence-corrected chi connectivity index (χ2v) is 8.79. The predicted molar refractivity (Wildman–Crippen MR) is 115 cm³/mol. The molecular weight excluding hydrogens is 374 g/mol. The lowest BCUT2D eigenvalue weighted by Crippen LogP contribution is -2.36. The van der Waals surface area contributed by atoms with Gasteiger partial charge in [-0.15, -0.1) is 0 Å². The van der Waals surface area contributed by atoms with Crippen LogP contribution in [0.25, 0.3) is 0 Å². The second kappa shape index (κ2) is 7.84. The number of benzene rings is 2. The summed E-state index contributed by atoms with van der Waals surface area (Å²) in [5.41, 5.74) is 9.42. The van der Waals surface area contributed by atoms with Crippen LogP contribution in [-0.4, -0.2) is 18.4 Å². The minimum Gasteiger partial charge on any atom is -0.398 e. The highest BCUT2D eigenvalue weighted by Crippen LogP contribution is 2.33. The fraction of sp³-hybridized carbons (Fsp3) is 0.364. The van der Waals surface area contributed by atoms with Gasteiger partial charge in [0.05, 0.1) is 10.6 Å². The summed E-state index contributed by atoms with van der Waals surface area (Å²) in [4.78, 5) is 27.2. The van der Waals surface area contributed by atoms with Crippen molar-refractivity contribution in [3.63, 3.8) is 0 Å². The van der Waals surface area contributed by atoms with E-state index in [4.69, 9.17) is 17.3 Å². The molecule has 5 nitrogen and oxygen atoms in total. The molecule has 0 saturated carbocycles. The maximum absolute atomic E-state index is 13.2. The van der Waals surface area contributed by atoms with E-state index in [1.165, 1.54) is 0 Å². The summed E-state index contributed by atoms with van der Waals surface area (Å²) in [7, 11) is 0. The molecule has 0 atom stereocenters. The Hall–Kier alpha value is -2.53. The molecule has 0 radical (unpaired) electrons. The number of rotatable bonds is 3. The quantitative estimate of drug-likeness (QED) is 0.721. The minimum atomic E-state index is -0.191. The molecule has 0 bridgehead atoms. The Morgan fingerprint density at radius 3 is 2.68 bits per heavy atom. The molecule has 0 aromatic heterocycles. The monoisotopic (exact) mass is 399 g/mol. The van der Waals surface area contributed by atoms with E-state index >= 15 is 0 Å². The first kappa shape index (κ1) is 20.2. The van der Waals surface area contributed by atoms with Crippen LogP contribution < -0.4 is 16.0 Å². The number of halogens is 1. The van der Waals surface area contributed by atoms with Crippen LogP contribution in [0.15, 0.2) is 36.4 Å². The number of nitrogens with one attached hydrogen (secondary N) is 1. The molecule has 1 heterocycles. The average molecular weight is 400 g/mol. The topological polar surface area (TPSA) is 75.4 Å². The van der Waals surface area contributed by atoms with Gasteiger partial charge in [-0.05, 0) is 54.2 Å². The van der Waals surface area contributed by atoms with Crippen molar-refractivity contribution in [1.82, 2.24) is 0 Å². The predicted octanol–water partition coefficient (Wildman–Crippen LogP) is 4.89. The molecule has 2 aromatic carbocycles. The molecular formula is C22H26ClN3O2. The lowest BCUT2D eigenvalue weighted by Gasteiger charge is -2.30. The molecule has 6 heteroatoms. The van der Waals surface area contributed by atoms with E-state index < -0.39 is 0 Å². The number of nitrogens with two attached hydrogens (primary N) is 1. The number of hydrogen-bond acceptors (Lipinski definition) is 3. The third-order valence-electron chi connectivity index (χ3n) is 4.70. The van der Waals surface area contributed by atoms with E-state index in [9.17, 15) is 9.59 Å². The number of fused-ring (bicyclic) bond motifs is 1. The summed E-state index contributed by atoms with van der Waals surface area (Å²) in [6.45, 7) is 6.61. The Balaban J connectivity index is 1.87. The molecule has 148 valence electrons. The Kier molecular flexibility index (Phi) is 5.66. The zero-order valence-electron chi connectivity index (χ0n) is 16.5. The van der Waals surface area contributed by atoms with Gasteiger partial charge < -0.3 is 16.0 Å². The Labute approximate surface area is 170 Å². The van der Waals surface area contributed by atoms with Gasteiger partial charge >= 0.3 is 0 Å². The largest absolute Gasteiger partial charge is 0.398 e. The number of carbonyl (C=O) groups is 2. The molecule has 0 unspecified atom stereocenters. The van der Waals surface area contributed by atoms with Crippen molar-refractivity contribution in [2.24, 2.45) is 5.41 Å². The average Bonchev–Trinajstić information content (AvgIpc) is 2.61. The van der Waals surface area contributed by atoms with E-state index in [1.807, 2.05) is 39.0 Å². The van der Waals surface area contributed by atoms with Crippen LogP contribution in [-0.2, 0) is 11.2 Å². The first-order valence-corrected chi connectivity index (χ1v) is 9.82. The van der Waals surface area contributed by atoms with Crippen molar-refractivity contribution in [2.75, 3.05) is 22.5 Å². The number of nitrogens with zero attached hydrogens (tertiary/aromatic N) is 1. The third-order valence-corrected chi connectivity index (χ3v) is 5.03. The molecule has 0 saturated heterocycles. The molecule has 1 aliphatic heterocycles. The van der Waals surface area contributed by atoms with Crippen molar-refractivity contribution >= 4 is 40.5 Å². The second-order valence-electron chi connectivity index (χ2n) is 8.39. The fourth-order valence-electron chi connectivity index (χ4n) is 3.46. The lowest BCUT2D eigenvalue weighted by atomic mass is 9.92. The minimum absolute atomic E-state index is 0.0932. The standard InChI is InChI=1S/C22H26ClN3O2/c1-22(2,3)13-20(27)25-14-9-10-17(23)16(12-14)21(28)26-11-5-6-15-18(24)7-4-8-19(15)26/h4,7-10,12H,5-6,11,13,24H2,1-3H3,(H,25,27). The van der Waals surface area contributed by atoms with Crippen molar-refractivity contribution < 1.29 is 9.59 Å². The Morgan fingerprint density at radius 1 is 1.21 bits per heavy atom. The maximum atomic E-state index is 13.2. The summed E-state index contributed by atoms with van der Waals surface area (Å²) >= 11 is 6.33. The molecule has 0 aliphatic carbocycles.